The van der Waals surface area contributed by atoms with Gasteiger partial charge in [-0.2, -0.15) is 0 Å². The van der Waals surface area contributed by atoms with Crippen LogP contribution in [0, 0.1) is 6.92 Å². The SMILES string of the molecule is Cc1c(Cc2ccc(=O)n(Cc3ccccc3)c2)c2cc(Cl)ccc2n1CC(=O)O. The minimum absolute atomic E-state index is 0.0596. The first kappa shape index (κ1) is 20.0. The summed E-state index contributed by atoms with van der Waals surface area (Å²) in [7, 11) is 0. The van der Waals surface area contributed by atoms with Crippen molar-refractivity contribution in [1.29, 1.82) is 0 Å². The van der Waals surface area contributed by atoms with Crippen molar-refractivity contribution in [2.24, 2.45) is 0 Å². The number of hydrogen-bond acceptors (Lipinski definition) is 2. The Morgan fingerprint density at radius 2 is 1.80 bits per heavy atom. The maximum atomic E-state index is 12.4. The van der Waals surface area contributed by atoms with E-state index >= 15 is 0 Å². The van der Waals surface area contributed by atoms with Crippen LogP contribution in [0.5, 0.6) is 0 Å². The summed E-state index contributed by atoms with van der Waals surface area (Å²) in [4.78, 5) is 23.7. The van der Waals surface area contributed by atoms with Crippen LogP contribution in [-0.4, -0.2) is 20.2 Å². The molecule has 6 heteroatoms. The van der Waals surface area contributed by atoms with E-state index in [-0.39, 0.29) is 12.1 Å². The highest BCUT2D eigenvalue weighted by molar-refractivity contribution is 6.31. The van der Waals surface area contributed by atoms with Crippen molar-refractivity contribution in [2.45, 2.75) is 26.4 Å². The van der Waals surface area contributed by atoms with E-state index in [0.29, 0.717) is 18.0 Å². The van der Waals surface area contributed by atoms with Crippen LogP contribution in [0.15, 0.2) is 71.7 Å². The van der Waals surface area contributed by atoms with Gasteiger partial charge in [0.15, 0.2) is 0 Å². The van der Waals surface area contributed by atoms with Gasteiger partial charge in [0.2, 0.25) is 0 Å². The highest BCUT2D eigenvalue weighted by Crippen LogP contribution is 2.30. The molecule has 0 saturated carbocycles. The number of fused-ring (bicyclic) bond motifs is 1. The molecule has 4 aromatic rings. The van der Waals surface area contributed by atoms with Gasteiger partial charge in [-0.15, -0.1) is 0 Å². The van der Waals surface area contributed by atoms with E-state index in [4.69, 9.17) is 11.6 Å². The van der Waals surface area contributed by atoms with Crippen molar-refractivity contribution < 1.29 is 9.90 Å². The number of carboxylic acid groups (broad SMARTS) is 1. The number of pyridine rings is 1. The van der Waals surface area contributed by atoms with Gasteiger partial charge in [0.25, 0.3) is 5.56 Å². The maximum absolute atomic E-state index is 12.4. The van der Waals surface area contributed by atoms with Gasteiger partial charge in [-0.1, -0.05) is 48.0 Å². The van der Waals surface area contributed by atoms with Crippen molar-refractivity contribution in [3.8, 4) is 0 Å². The highest BCUT2D eigenvalue weighted by atomic mass is 35.5. The van der Waals surface area contributed by atoms with E-state index in [1.54, 1.807) is 21.3 Å². The van der Waals surface area contributed by atoms with Crippen LogP contribution in [0.2, 0.25) is 5.02 Å². The monoisotopic (exact) mass is 420 g/mol. The number of nitrogens with zero attached hydrogens (tertiary/aromatic N) is 2. The van der Waals surface area contributed by atoms with Crippen LogP contribution in [0.25, 0.3) is 10.9 Å². The quantitative estimate of drug-likeness (QED) is 0.500. The van der Waals surface area contributed by atoms with Gasteiger partial charge in [0.05, 0.1) is 6.54 Å². The number of halogens is 1. The number of aliphatic carboxylic acids is 1. The fourth-order valence-electron chi connectivity index (χ4n) is 3.88. The molecule has 152 valence electrons. The average Bonchev–Trinajstić information content (AvgIpc) is 2.96. The minimum atomic E-state index is -0.895. The Morgan fingerprint density at radius 3 is 2.53 bits per heavy atom. The topological polar surface area (TPSA) is 64.2 Å². The molecule has 0 aliphatic heterocycles. The van der Waals surface area contributed by atoms with Crippen LogP contribution in [0.4, 0.5) is 0 Å². The third kappa shape index (κ3) is 4.02. The molecule has 2 heterocycles. The summed E-state index contributed by atoms with van der Waals surface area (Å²) in [5.74, 6) is -0.895. The largest absolute Gasteiger partial charge is 0.480 e. The molecular weight excluding hydrogens is 400 g/mol. The molecule has 0 amide bonds. The standard InChI is InChI=1S/C24H21ClN2O3/c1-16-20(21-12-19(25)8-9-22(21)27(16)15-24(29)30)11-18-7-10-23(28)26(14-18)13-17-5-3-2-4-6-17/h2-10,12,14H,11,13,15H2,1H3,(H,29,30). The third-order valence-corrected chi connectivity index (χ3v) is 5.57. The predicted octanol–water partition coefficient (Wildman–Crippen LogP) is 4.49. The molecule has 0 aliphatic carbocycles. The smallest absolute Gasteiger partial charge is 0.323 e. The molecule has 2 aromatic heterocycles. The lowest BCUT2D eigenvalue weighted by molar-refractivity contribution is -0.137. The van der Waals surface area contributed by atoms with Crippen LogP contribution >= 0.6 is 11.6 Å². The number of benzene rings is 2. The second kappa shape index (κ2) is 8.20. The molecule has 0 fully saturated rings. The Morgan fingerprint density at radius 1 is 1.03 bits per heavy atom. The summed E-state index contributed by atoms with van der Waals surface area (Å²) >= 11 is 6.23. The molecule has 5 nitrogen and oxygen atoms in total. The molecule has 0 bridgehead atoms. The zero-order valence-corrected chi connectivity index (χ0v) is 17.3. The molecular formula is C24H21ClN2O3. The van der Waals surface area contributed by atoms with Gasteiger partial charge >= 0.3 is 5.97 Å². The van der Waals surface area contributed by atoms with Crippen LogP contribution in [0.3, 0.4) is 0 Å². The van der Waals surface area contributed by atoms with Gasteiger partial charge in [-0.25, -0.2) is 0 Å². The fourth-order valence-corrected chi connectivity index (χ4v) is 4.05. The molecule has 0 spiro atoms. The molecule has 2 aromatic carbocycles. The number of rotatable bonds is 6. The summed E-state index contributed by atoms with van der Waals surface area (Å²) in [6.07, 6.45) is 2.45. The van der Waals surface area contributed by atoms with E-state index < -0.39 is 5.97 Å². The van der Waals surface area contributed by atoms with E-state index in [1.807, 2.05) is 61.7 Å². The normalized spacial score (nSPS) is 11.1. The molecule has 1 N–H and O–H groups in total. The Balaban J connectivity index is 1.75. The number of aromatic nitrogens is 2. The lowest BCUT2D eigenvalue weighted by Crippen LogP contribution is -2.19. The van der Waals surface area contributed by atoms with Crippen LogP contribution in [-0.2, 0) is 24.3 Å². The molecule has 30 heavy (non-hydrogen) atoms. The number of carboxylic acids is 1. The first-order chi connectivity index (χ1) is 14.4. The van der Waals surface area contributed by atoms with Crippen molar-refractivity contribution in [3.05, 3.63) is 105 Å². The molecule has 0 atom stereocenters. The van der Waals surface area contributed by atoms with Gasteiger partial charge < -0.3 is 14.2 Å². The molecule has 0 unspecified atom stereocenters. The highest BCUT2D eigenvalue weighted by Gasteiger charge is 2.17. The summed E-state index contributed by atoms with van der Waals surface area (Å²) in [6, 6.07) is 18.7. The van der Waals surface area contributed by atoms with E-state index in [2.05, 4.69) is 0 Å². The van der Waals surface area contributed by atoms with E-state index in [0.717, 1.165) is 33.3 Å². The van der Waals surface area contributed by atoms with Crippen molar-refractivity contribution in [2.75, 3.05) is 0 Å². The zero-order chi connectivity index (χ0) is 21.3. The van der Waals surface area contributed by atoms with E-state index in [9.17, 15) is 14.7 Å². The average molecular weight is 421 g/mol. The lowest BCUT2D eigenvalue weighted by Gasteiger charge is -2.10. The Kier molecular flexibility index (Phi) is 5.46. The van der Waals surface area contributed by atoms with Crippen LogP contribution < -0.4 is 5.56 Å². The Labute approximate surface area is 178 Å². The van der Waals surface area contributed by atoms with Gasteiger partial charge in [0, 0.05) is 40.3 Å². The molecule has 0 saturated heterocycles. The second-order valence-electron chi connectivity index (χ2n) is 7.37. The predicted molar refractivity (Wildman–Crippen MR) is 118 cm³/mol. The third-order valence-electron chi connectivity index (χ3n) is 5.33. The molecule has 0 radical (unpaired) electrons. The number of hydrogen-bond donors (Lipinski definition) is 1. The Bertz CT molecular complexity index is 1290. The second-order valence-corrected chi connectivity index (χ2v) is 7.81. The summed E-state index contributed by atoms with van der Waals surface area (Å²) in [6.45, 7) is 2.31. The first-order valence-corrected chi connectivity index (χ1v) is 10.0. The first-order valence-electron chi connectivity index (χ1n) is 9.64. The minimum Gasteiger partial charge on any atom is -0.480 e. The van der Waals surface area contributed by atoms with Gasteiger partial charge in [-0.3, -0.25) is 9.59 Å². The molecule has 4 rings (SSSR count). The Hall–Kier alpha value is -3.31. The van der Waals surface area contributed by atoms with Crippen molar-refractivity contribution in [3.63, 3.8) is 0 Å². The van der Waals surface area contributed by atoms with Crippen LogP contribution in [0.1, 0.15) is 22.4 Å². The summed E-state index contributed by atoms with van der Waals surface area (Å²) in [5, 5.41) is 10.9. The fraction of sp³-hybridized carbons (Fsp3) is 0.167. The summed E-state index contributed by atoms with van der Waals surface area (Å²) in [5.41, 5.74) is 4.71. The van der Waals surface area contributed by atoms with Crippen molar-refractivity contribution in [1.82, 2.24) is 9.13 Å². The maximum Gasteiger partial charge on any atom is 0.323 e. The number of carbonyl (C=O) groups is 1. The molecule has 0 aliphatic rings. The van der Waals surface area contributed by atoms with Gasteiger partial charge in [0.1, 0.15) is 6.54 Å². The van der Waals surface area contributed by atoms with E-state index in [1.165, 1.54) is 0 Å². The zero-order valence-electron chi connectivity index (χ0n) is 16.5. The van der Waals surface area contributed by atoms with Gasteiger partial charge in [-0.05, 0) is 41.8 Å². The van der Waals surface area contributed by atoms with Crippen molar-refractivity contribution >= 4 is 28.5 Å². The summed E-state index contributed by atoms with van der Waals surface area (Å²) < 4.78 is 3.49. The lowest BCUT2D eigenvalue weighted by atomic mass is 10.0.